The molecule has 0 heterocycles. The molecule has 0 fully saturated rings. The summed E-state index contributed by atoms with van der Waals surface area (Å²) in [6.45, 7) is 4.99. The van der Waals surface area contributed by atoms with Gasteiger partial charge in [-0.2, -0.15) is 0 Å². The molecule has 6 nitrogen and oxygen atoms in total. The summed E-state index contributed by atoms with van der Waals surface area (Å²) in [7, 11) is 0. The summed E-state index contributed by atoms with van der Waals surface area (Å²) >= 11 is 0. The zero-order chi connectivity index (χ0) is 58.5. The summed E-state index contributed by atoms with van der Waals surface area (Å²) < 4.78 is 5.47. The number of carbonyl (C=O) groups excluding carboxylic acids is 2. The van der Waals surface area contributed by atoms with Crippen molar-refractivity contribution in [1.82, 2.24) is 5.32 Å². The smallest absolute Gasteiger partial charge is 0.305 e. The predicted molar refractivity (Wildman–Crippen MR) is 356 cm³/mol. The summed E-state index contributed by atoms with van der Waals surface area (Å²) in [6.07, 6.45) is 89.6. The Morgan fingerprint density at radius 3 is 0.938 bits per heavy atom. The van der Waals surface area contributed by atoms with E-state index in [4.69, 9.17) is 4.74 Å². The van der Waals surface area contributed by atoms with Crippen LogP contribution in [0.5, 0.6) is 0 Å². The molecule has 0 aromatic rings. The maximum absolute atomic E-state index is 12.6. The Hall–Kier alpha value is -1.66. The molecule has 0 saturated carbocycles. The number of unbranched alkanes of at least 4 members (excludes halogenated alkanes) is 55. The van der Waals surface area contributed by atoms with Gasteiger partial charge in [-0.05, 0) is 57.8 Å². The zero-order valence-electron chi connectivity index (χ0n) is 55.0. The second-order valence-corrected chi connectivity index (χ2v) is 25.6. The molecule has 0 aliphatic heterocycles. The van der Waals surface area contributed by atoms with Crippen LogP contribution in [0.15, 0.2) is 24.3 Å². The van der Waals surface area contributed by atoms with E-state index in [1.54, 1.807) is 0 Å². The van der Waals surface area contributed by atoms with Crippen molar-refractivity contribution >= 4 is 11.9 Å². The van der Waals surface area contributed by atoms with Crippen LogP contribution >= 0.6 is 0 Å². The van der Waals surface area contributed by atoms with Gasteiger partial charge in [0.05, 0.1) is 25.4 Å². The molecular weight excluding hydrogens is 995 g/mol. The first-order valence-electron chi connectivity index (χ1n) is 37.1. The number of aliphatic hydroxyl groups is 2. The van der Waals surface area contributed by atoms with E-state index in [0.29, 0.717) is 25.9 Å². The quantitative estimate of drug-likeness (QED) is 0.0320. The van der Waals surface area contributed by atoms with E-state index in [-0.39, 0.29) is 18.5 Å². The van der Waals surface area contributed by atoms with Gasteiger partial charge in [-0.1, -0.05) is 372 Å². The molecule has 0 radical (unpaired) electrons. The molecule has 480 valence electrons. The molecule has 0 bridgehead atoms. The number of amides is 1. The van der Waals surface area contributed by atoms with Crippen molar-refractivity contribution < 1.29 is 24.5 Å². The third kappa shape index (κ3) is 67.3. The Balaban J connectivity index is 3.40. The van der Waals surface area contributed by atoms with E-state index < -0.39 is 12.1 Å². The number of aliphatic hydroxyl groups excluding tert-OH is 2. The van der Waals surface area contributed by atoms with Crippen LogP contribution in [-0.4, -0.2) is 47.4 Å². The van der Waals surface area contributed by atoms with Gasteiger partial charge < -0.3 is 20.3 Å². The van der Waals surface area contributed by atoms with Crippen LogP contribution in [0.3, 0.4) is 0 Å². The lowest BCUT2D eigenvalue weighted by atomic mass is 10.0. The topological polar surface area (TPSA) is 95.9 Å². The van der Waals surface area contributed by atoms with Crippen molar-refractivity contribution in [3.8, 4) is 0 Å². The molecule has 0 aromatic carbocycles. The minimum absolute atomic E-state index is 0.0125. The minimum atomic E-state index is -0.666. The lowest BCUT2D eigenvalue weighted by Crippen LogP contribution is -2.45. The largest absolute Gasteiger partial charge is 0.466 e. The maximum Gasteiger partial charge on any atom is 0.305 e. The summed E-state index contributed by atoms with van der Waals surface area (Å²) in [5.74, 6) is -0.0182. The van der Waals surface area contributed by atoms with Gasteiger partial charge in [0.2, 0.25) is 5.91 Å². The van der Waals surface area contributed by atoms with Crippen LogP contribution in [0.4, 0.5) is 0 Å². The van der Waals surface area contributed by atoms with Crippen LogP contribution < -0.4 is 5.32 Å². The van der Waals surface area contributed by atoms with Crippen LogP contribution in [-0.2, 0) is 14.3 Å². The highest BCUT2D eigenvalue weighted by Gasteiger charge is 2.20. The predicted octanol–water partition coefficient (Wildman–Crippen LogP) is 24.1. The monoisotopic (exact) mass is 1140 g/mol. The van der Waals surface area contributed by atoms with Gasteiger partial charge in [0.1, 0.15) is 0 Å². The van der Waals surface area contributed by atoms with Crippen molar-refractivity contribution in [2.45, 2.75) is 431 Å². The van der Waals surface area contributed by atoms with Crippen LogP contribution in [0.2, 0.25) is 0 Å². The summed E-state index contributed by atoms with van der Waals surface area (Å²) in [5, 5.41) is 23.5. The molecular formula is C75H145NO5. The van der Waals surface area contributed by atoms with E-state index in [1.165, 1.54) is 340 Å². The fraction of sp³-hybridized carbons (Fsp3) is 0.920. The highest BCUT2D eigenvalue weighted by Crippen LogP contribution is 2.19. The molecule has 0 rings (SSSR count). The number of allylic oxidation sites excluding steroid dienone is 4. The second kappa shape index (κ2) is 70.8. The van der Waals surface area contributed by atoms with E-state index in [0.717, 1.165) is 44.9 Å². The number of hydrogen-bond donors (Lipinski definition) is 3. The lowest BCUT2D eigenvalue weighted by molar-refractivity contribution is -0.143. The number of nitrogens with one attached hydrogen (secondary N) is 1. The molecule has 6 heteroatoms. The first kappa shape index (κ1) is 79.3. The van der Waals surface area contributed by atoms with Gasteiger partial charge in [0, 0.05) is 12.8 Å². The van der Waals surface area contributed by atoms with E-state index >= 15 is 0 Å². The van der Waals surface area contributed by atoms with Crippen molar-refractivity contribution in [2.24, 2.45) is 0 Å². The van der Waals surface area contributed by atoms with E-state index in [2.05, 4.69) is 43.5 Å². The Bertz CT molecular complexity index is 1270. The number of hydrogen-bond acceptors (Lipinski definition) is 5. The fourth-order valence-corrected chi connectivity index (χ4v) is 11.9. The SMILES string of the molecule is CCCCCCCCCCCCCCCCCCCCCCCCCCC(O)C(CO)NC(=O)CCCCCCCCCCCCCCC/C=C\C/C=C\CCCCCCCCCCCOC(=O)CCCCCCCCCCCCC. The minimum Gasteiger partial charge on any atom is -0.466 e. The number of carbonyl (C=O) groups is 2. The third-order valence-corrected chi connectivity index (χ3v) is 17.5. The molecule has 0 aromatic heterocycles. The number of rotatable bonds is 70. The Labute approximate surface area is 507 Å². The first-order chi connectivity index (χ1) is 40.0. The molecule has 2 atom stereocenters. The maximum atomic E-state index is 12.6. The zero-order valence-corrected chi connectivity index (χ0v) is 55.0. The highest BCUT2D eigenvalue weighted by molar-refractivity contribution is 5.76. The summed E-state index contributed by atoms with van der Waals surface area (Å²) in [4.78, 5) is 24.6. The van der Waals surface area contributed by atoms with Gasteiger partial charge in [-0.15, -0.1) is 0 Å². The molecule has 0 aliphatic carbocycles. The van der Waals surface area contributed by atoms with Gasteiger partial charge in [0.25, 0.3) is 0 Å². The van der Waals surface area contributed by atoms with Crippen LogP contribution in [0.1, 0.15) is 418 Å². The van der Waals surface area contributed by atoms with Crippen LogP contribution in [0, 0.1) is 0 Å². The van der Waals surface area contributed by atoms with Gasteiger partial charge >= 0.3 is 5.97 Å². The van der Waals surface area contributed by atoms with Crippen molar-refractivity contribution in [3.63, 3.8) is 0 Å². The molecule has 1 amide bonds. The standard InChI is InChI=1S/C75H145NO5/c1-3-5-7-9-11-13-15-16-17-18-19-20-21-29-32-35-38-41-44-48-51-55-59-63-67-73(78)72(71-77)76-74(79)68-64-60-56-52-49-45-42-39-36-33-30-27-25-23-22-24-26-28-31-34-37-40-43-46-50-54-58-62-66-70-81-75(80)69-65-61-57-53-47-14-12-10-8-6-4-2/h22,24,28,31,72-73,77-78H,3-21,23,25-27,29-30,32-71H2,1-2H3,(H,76,79)/b24-22-,31-28-. The van der Waals surface area contributed by atoms with Gasteiger partial charge in [0.15, 0.2) is 0 Å². The van der Waals surface area contributed by atoms with Crippen LogP contribution in [0.25, 0.3) is 0 Å². The van der Waals surface area contributed by atoms with Crippen molar-refractivity contribution in [2.75, 3.05) is 13.2 Å². The average molecular weight is 1140 g/mol. The second-order valence-electron chi connectivity index (χ2n) is 25.6. The molecule has 2 unspecified atom stereocenters. The highest BCUT2D eigenvalue weighted by atomic mass is 16.5. The molecule has 0 aliphatic rings. The van der Waals surface area contributed by atoms with Crippen molar-refractivity contribution in [1.29, 1.82) is 0 Å². The lowest BCUT2D eigenvalue weighted by Gasteiger charge is -2.22. The summed E-state index contributed by atoms with van der Waals surface area (Å²) in [5.41, 5.74) is 0. The fourth-order valence-electron chi connectivity index (χ4n) is 11.9. The average Bonchev–Trinajstić information content (AvgIpc) is 3.47. The summed E-state index contributed by atoms with van der Waals surface area (Å²) in [6, 6.07) is -0.544. The molecule has 0 saturated heterocycles. The van der Waals surface area contributed by atoms with Gasteiger partial charge in [-0.25, -0.2) is 0 Å². The van der Waals surface area contributed by atoms with E-state index in [1.807, 2.05) is 0 Å². The Kier molecular flexibility index (Phi) is 69.4. The van der Waals surface area contributed by atoms with Gasteiger partial charge in [-0.3, -0.25) is 9.59 Å². The number of ether oxygens (including phenoxy) is 1. The molecule has 3 N–H and O–H groups in total. The molecule has 0 spiro atoms. The molecule has 81 heavy (non-hydrogen) atoms. The Morgan fingerprint density at radius 1 is 0.346 bits per heavy atom. The third-order valence-electron chi connectivity index (χ3n) is 17.5. The van der Waals surface area contributed by atoms with E-state index in [9.17, 15) is 19.8 Å². The van der Waals surface area contributed by atoms with Crippen molar-refractivity contribution in [3.05, 3.63) is 24.3 Å². The number of esters is 1. The Morgan fingerprint density at radius 2 is 0.617 bits per heavy atom. The normalized spacial score (nSPS) is 12.6. The first-order valence-corrected chi connectivity index (χ1v) is 37.1.